The van der Waals surface area contributed by atoms with Crippen molar-refractivity contribution in [3.8, 4) is 0 Å². The molecular weight excluding hydrogens is 436 g/mol. The molecule has 0 bridgehead atoms. The molecule has 6 heteroatoms. The zero-order valence-electron chi connectivity index (χ0n) is 17.2. The van der Waals surface area contributed by atoms with Gasteiger partial charge in [-0.1, -0.05) is 67.4 Å². The molecule has 1 N–H and O–H groups in total. The van der Waals surface area contributed by atoms with E-state index < -0.39 is 10.0 Å². The quantitative estimate of drug-likeness (QED) is 0.623. The van der Waals surface area contributed by atoms with Gasteiger partial charge in [-0.2, -0.15) is 13.5 Å². The lowest BCUT2D eigenvalue weighted by Gasteiger charge is -2.43. The first kappa shape index (κ1) is 21.1. The Morgan fingerprint density at radius 2 is 1.61 bits per heavy atom. The predicted molar refractivity (Wildman–Crippen MR) is 118 cm³/mol. The van der Waals surface area contributed by atoms with Crippen molar-refractivity contribution in [2.24, 2.45) is 5.10 Å². The normalized spacial score (nSPS) is 19.3. The molecule has 4 nitrogen and oxygen atoms in total. The summed E-state index contributed by atoms with van der Waals surface area (Å²) in [4.78, 5) is 2.68. The predicted octanol–water partition coefficient (Wildman–Crippen LogP) is 5.36. The fourth-order valence-electron chi connectivity index (χ4n) is 3.71. The average molecular weight is 463 g/mol. The van der Waals surface area contributed by atoms with E-state index in [1.807, 2.05) is 6.92 Å². The number of fused-ring (bicyclic) bond motifs is 1. The van der Waals surface area contributed by atoms with Crippen LogP contribution in [0.2, 0.25) is 0 Å². The van der Waals surface area contributed by atoms with Gasteiger partial charge in [-0.25, -0.2) is 4.83 Å². The number of hydrogen-bond donors (Lipinski definition) is 1. The van der Waals surface area contributed by atoms with E-state index in [9.17, 15) is 8.42 Å². The lowest BCUT2D eigenvalue weighted by Crippen LogP contribution is -2.43. The molecule has 0 heterocycles. The molecule has 1 aliphatic rings. The van der Waals surface area contributed by atoms with E-state index in [-0.39, 0.29) is 15.7 Å². The van der Waals surface area contributed by atoms with Crippen LogP contribution < -0.4 is 4.83 Å². The molecule has 0 aliphatic heterocycles. The van der Waals surface area contributed by atoms with Crippen molar-refractivity contribution >= 4 is 31.7 Å². The SMILES string of the molecule is Cc1ccc(S(=O)(=O)N/N=C2\CC(C)(C)c3cc(Br)c(C)cc3C2(C)C)cc1. The smallest absolute Gasteiger partial charge is 0.200 e. The van der Waals surface area contributed by atoms with E-state index in [1.54, 1.807) is 24.3 Å². The molecule has 0 atom stereocenters. The summed E-state index contributed by atoms with van der Waals surface area (Å²) in [5.74, 6) is 0. The van der Waals surface area contributed by atoms with Gasteiger partial charge in [-0.15, -0.1) is 0 Å². The van der Waals surface area contributed by atoms with Crippen LogP contribution in [-0.2, 0) is 20.9 Å². The number of halogens is 1. The van der Waals surface area contributed by atoms with Crippen LogP contribution in [0.5, 0.6) is 0 Å². The van der Waals surface area contributed by atoms with Crippen molar-refractivity contribution in [2.45, 2.75) is 63.7 Å². The van der Waals surface area contributed by atoms with E-state index in [2.05, 4.69) is 72.6 Å². The second-order valence-corrected chi connectivity index (χ2v) is 11.3. The summed E-state index contributed by atoms with van der Waals surface area (Å²) in [5.41, 5.74) is 4.96. The van der Waals surface area contributed by atoms with Crippen LogP contribution in [0.25, 0.3) is 0 Å². The van der Waals surface area contributed by atoms with Crippen molar-refractivity contribution in [1.82, 2.24) is 4.83 Å². The molecule has 3 rings (SSSR count). The van der Waals surface area contributed by atoms with Crippen molar-refractivity contribution in [3.05, 3.63) is 63.1 Å². The summed E-state index contributed by atoms with van der Waals surface area (Å²) >= 11 is 3.64. The molecule has 0 fully saturated rings. The highest BCUT2D eigenvalue weighted by atomic mass is 79.9. The molecule has 0 spiro atoms. The topological polar surface area (TPSA) is 58.5 Å². The van der Waals surface area contributed by atoms with Gasteiger partial charge in [0, 0.05) is 15.6 Å². The zero-order valence-corrected chi connectivity index (χ0v) is 19.6. The molecule has 0 saturated carbocycles. The van der Waals surface area contributed by atoms with Gasteiger partial charge in [-0.3, -0.25) is 0 Å². The third kappa shape index (κ3) is 3.77. The minimum absolute atomic E-state index is 0.144. The first-order chi connectivity index (χ1) is 12.8. The van der Waals surface area contributed by atoms with Gasteiger partial charge in [-0.05, 0) is 60.6 Å². The zero-order chi connectivity index (χ0) is 20.9. The van der Waals surface area contributed by atoms with Gasteiger partial charge in [0.05, 0.1) is 4.90 Å². The largest absolute Gasteiger partial charge is 0.276 e. The van der Waals surface area contributed by atoms with Gasteiger partial charge in [0.2, 0.25) is 0 Å². The maximum Gasteiger partial charge on any atom is 0.276 e. The van der Waals surface area contributed by atoms with E-state index in [1.165, 1.54) is 11.1 Å². The molecule has 0 amide bonds. The lowest BCUT2D eigenvalue weighted by molar-refractivity contribution is 0.481. The van der Waals surface area contributed by atoms with Crippen molar-refractivity contribution < 1.29 is 8.42 Å². The number of sulfonamides is 1. The second-order valence-electron chi connectivity index (χ2n) is 8.80. The van der Waals surface area contributed by atoms with Crippen LogP contribution in [0.3, 0.4) is 0 Å². The summed E-state index contributed by atoms with van der Waals surface area (Å²) in [6.45, 7) is 12.5. The van der Waals surface area contributed by atoms with Gasteiger partial charge in [0.25, 0.3) is 10.0 Å². The highest BCUT2D eigenvalue weighted by Crippen LogP contribution is 2.45. The van der Waals surface area contributed by atoms with E-state index in [0.717, 1.165) is 21.3 Å². The number of benzene rings is 2. The van der Waals surface area contributed by atoms with Gasteiger partial charge in [0.1, 0.15) is 0 Å². The fourth-order valence-corrected chi connectivity index (χ4v) is 4.89. The molecular formula is C22H27BrN2O2S. The highest BCUT2D eigenvalue weighted by molar-refractivity contribution is 9.10. The summed E-state index contributed by atoms with van der Waals surface area (Å²) < 4.78 is 26.5. The molecule has 1 aliphatic carbocycles. The Morgan fingerprint density at radius 1 is 1.00 bits per heavy atom. The fraction of sp³-hybridized carbons (Fsp3) is 0.409. The Balaban J connectivity index is 2.02. The van der Waals surface area contributed by atoms with Crippen LogP contribution in [0.4, 0.5) is 0 Å². The number of hydrazone groups is 1. The summed E-state index contributed by atoms with van der Waals surface area (Å²) in [6.07, 6.45) is 0.679. The van der Waals surface area contributed by atoms with E-state index >= 15 is 0 Å². The molecule has 0 aromatic heterocycles. The Labute approximate surface area is 176 Å². The lowest BCUT2D eigenvalue weighted by atomic mass is 9.62. The number of nitrogens with one attached hydrogen (secondary N) is 1. The first-order valence-electron chi connectivity index (χ1n) is 9.31. The number of rotatable bonds is 3. The molecule has 0 radical (unpaired) electrons. The molecule has 0 unspecified atom stereocenters. The first-order valence-corrected chi connectivity index (χ1v) is 11.6. The number of hydrogen-bond acceptors (Lipinski definition) is 3. The third-order valence-corrected chi connectivity index (χ3v) is 7.74. The van der Waals surface area contributed by atoms with Crippen molar-refractivity contribution in [3.63, 3.8) is 0 Å². The Kier molecular flexibility index (Phi) is 5.26. The standard InChI is InChI=1S/C22H27BrN2O2S/c1-14-7-9-16(10-8-14)28(26,27)25-24-20-13-21(3,4)17-12-19(23)15(2)11-18(17)22(20,5)6/h7-12,25H,13H2,1-6H3/b24-20+. The Bertz CT molecular complexity index is 1050. The van der Waals surface area contributed by atoms with Gasteiger partial charge >= 0.3 is 0 Å². The minimum Gasteiger partial charge on any atom is -0.200 e. The van der Waals surface area contributed by atoms with E-state index in [0.29, 0.717) is 6.42 Å². The van der Waals surface area contributed by atoms with Crippen LogP contribution in [0.1, 0.15) is 56.4 Å². The molecule has 0 saturated heterocycles. The molecule has 28 heavy (non-hydrogen) atoms. The second kappa shape index (κ2) is 6.99. The van der Waals surface area contributed by atoms with E-state index in [4.69, 9.17) is 0 Å². The number of nitrogens with zero attached hydrogens (tertiary/aromatic N) is 1. The van der Waals surface area contributed by atoms with Gasteiger partial charge in [0.15, 0.2) is 0 Å². The maximum atomic E-state index is 12.7. The minimum atomic E-state index is -3.70. The number of aryl methyl sites for hydroxylation is 2. The van der Waals surface area contributed by atoms with Crippen LogP contribution in [0, 0.1) is 13.8 Å². The summed E-state index contributed by atoms with van der Waals surface area (Å²) in [7, 11) is -3.70. The van der Waals surface area contributed by atoms with Crippen LogP contribution in [0.15, 0.2) is 50.9 Å². The molecule has 2 aromatic carbocycles. The molecule has 150 valence electrons. The third-order valence-electron chi connectivity index (χ3n) is 5.66. The highest BCUT2D eigenvalue weighted by Gasteiger charge is 2.42. The van der Waals surface area contributed by atoms with Crippen LogP contribution >= 0.6 is 15.9 Å². The molecule has 2 aromatic rings. The van der Waals surface area contributed by atoms with Crippen molar-refractivity contribution in [2.75, 3.05) is 0 Å². The Hall–Kier alpha value is -1.66. The monoisotopic (exact) mass is 462 g/mol. The van der Waals surface area contributed by atoms with Gasteiger partial charge < -0.3 is 0 Å². The average Bonchev–Trinajstić information content (AvgIpc) is 2.59. The summed E-state index contributed by atoms with van der Waals surface area (Å²) in [6, 6.07) is 11.1. The maximum absolute atomic E-state index is 12.7. The Morgan fingerprint density at radius 3 is 2.21 bits per heavy atom. The van der Waals surface area contributed by atoms with Crippen molar-refractivity contribution in [1.29, 1.82) is 0 Å². The van der Waals surface area contributed by atoms with Crippen LogP contribution in [-0.4, -0.2) is 14.1 Å². The summed E-state index contributed by atoms with van der Waals surface area (Å²) in [5, 5.41) is 4.42.